The predicted molar refractivity (Wildman–Crippen MR) is 116 cm³/mol. The van der Waals surface area contributed by atoms with E-state index in [9.17, 15) is 14.0 Å². The van der Waals surface area contributed by atoms with Gasteiger partial charge in [0.25, 0.3) is 11.8 Å². The maximum absolute atomic E-state index is 13.5. The van der Waals surface area contributed by atoms with E-state index in [1.165, 1.54) is 29.9 Å². The van der Waals surface area contributed by atoms with Gasteiger partial charge in [0.2, 0.25) is 0 Å². The molecule has 0 atom stereocenters. The summed E-state index contributed by atoms with van der Waals surface area (Å²) >= 11 is 0. The van der Waals surface area contributed by atoms with Gasteiger partial charge >= 0.3 is 0 Å². The Balaban J connectivity index is 1.51. The number of anilines is 2. The first-order valence-electron chi connectivity index (χ1n) is 10.7. The lowest BCUT2D eigenvalue weighted by molar-refractivity contribution is -0.121. The van der Waals surface area contributed by atoms with Gasteiger partial charge in [0.15, 0.2) is 0 Å². The minimum atomic E-state index is -0.386. The van der Waals surface area contributed by atoms with Crippen LogP contribution in [-0.2, 0) is 14.3 Å². The zero-order valence-electron chi connectivity index (χ0n) is 17.2. The molecule has 7 heteroatoms. The third-order valence-corrected chi connectivity index (χ3v) is 6.10. The number of imide groups is 1. The molecule has 2 saturated heterocycles. The zero-order valence-corrected chi connectivity index (χ0v) is 17.2. The van der Waals surface area contributed by atoms with E-state index < -0.39 is 0 Å². The maximum Gasteiger partial charge on any atom is 0.282 e. The van der Waals surface area contributed by atoms with Crippen molar-refractivity contribution in [3.8, 4) is 0 Å². The Hall–Kier alpha value is -3.19. The fraction of sp³-hybridized carbons (Fsp3) is 0.333. The number of carbonyl (C=O) groups excluding carboxylic acids is 2. The lowest BCUT2D eigenvalue weighted by Crippen LogP contribution is -2.40. The number of halogens is 1. The highest BCUT2D eigenvalue weighted by Crippen LogP contribution is 2.36. The number of hydrogen-bond donors (Lipinski definition) is 0. The molecule has 0 aromatic heterocycles. The molecule has 6 nitrogen and oxygen atoms in total. The molecule has 0 unspecified atom stereocenters. The van der Waals surface area contributed by atoms with Gasteiger partial charge in [-0.15, -0.1) is 0 Å². The van der Waals surface area contributed by atoms with E-state index in [0.29, 0.717) is 48.8 Å². The number of morpholine rings is 1. The van der Waals surface area contributed by atoms with Crippen LogP contribution in [0.4, 0.5) is 15.8 Å². The molecule has 3 aliphatic heterocycles. The molecule has 0 radical (unpaired) electrons. The van der Waals surface area contributed by atoms with E-state index in [1.54, 1.807) is 12.1 Å². The topological polar surface area (TPSA) is 53.1 Å². The van der Waals surface area contributed by atoms with E-state index in [0.717, 1.165) is 18.8 Å². The molecule has 160 valence electrons. The second-order valence-corrected chi connectivity index (χ2v) is 7.99. The molecule has 0 N–H and O–H groups in total. The van der Waals surface area contributed by atoms with Gasteiger partial charge in [0, 0.05) is 31.9 Å². The van der Waals surface area contributed by atoms with Crippen molar-refractivity contribution in [2.75, 3.05) is 49.2 Å². The van der Waals surface area contributed by atoms with Gasteiger partial charge in [-0.25, -0.2) is 9.29 Å². The first-order chi connectivity index (χ1) is 15.1. The van der Waals surface area contributed by atoms with Crippen molar-refractivity contribution in [1.82, 2.24) is 4.90 Å². The molecular formula is C24H24FN3O3. The molecule has 2 fully saturated rings. The Morgan fingerprint density at radius 2 is 1.32 bits per heavy atom. The Morgan fingerprint density at radius 1 is 0.710 bits per heavy atom. The van der Waals surface area contributed by atoms with Crippen molar-refractivity contribution in [2.45, 2.75) is 12.8 Å². The van der Waals surface area contributed by atoms with Gasteiger partial charge in [0.05, 0.1) is 24.5 Å². The van der Waals surface area contributed by atoms with Crippen molar-refractivity contribution in [2.24, 2.45) is 0 Å². The third kappa shape index (κ3) is 3.59. The van der Waals surface area contributed by atoms with E-state index in [-0.39, 0.29) is 17.6 Å². The monoisotopic (exact) mass is 421 g/mol. The molecule has 3 heterocycles. The van der Waals surface area contributed by atoms with Crippen molar-refractivity contribution in [3.05, 3.63) is 65.6 Å². The third-order valence-electron chi connectivity index (χ3n) is 6.10. The summed E-state index contributed by atoms with van der Waals surface area (Å²) in [7, 11) is 0. The number of carbonyl (C=O) groups is 2. The van der Waals surface area contributed by atoms with Gasteiger partial charge in [-0.05, 0) is 54.8 Å². The van der Waals surface area contributed by atoms with Crippen molar-refractivity contribution in [1.29, 1.82) is 0 Å². The maximum atomic E-state index is 13.5. The van der Waals surface area contributed by atoms with E-state index in [4.69, 9.17) is 4.74 Å². The SMILES string of the molecule is O=C1C(c2ccc(F)cc2)=C(N2CCOCC2)C(=O)N1c1ccc(N2CCCC2)cc1. The molecular weight excluding hydrogens is 397 g/mol. The Bertz CT molecular complexity index is 1020. The van der Waals surface area contributed by atoms with Crippen LogP contribution in [0.3, 0.4) is 0 Å². The fourth-order valence-electron chi connectivity index (χ4n) is 4.50. The predicted octanol–water partition coefficient (Wildman–Crippen LogP) is 3.04. The molecule has 2 aromatic rings. The number of benzene rings is 2. The molecule has 3 aliphatic rings. The van der Waals surface area contributed by atoms with Crippen molar-refractivity contribution in [3.63, 3.8) is 0 Å². The second kappa shape index (κ2) is 8.15. The van der Waals surface area contributed by atoms with Crippen LogP contribution >= 0.6 is 0 Å². The average Bonchev–Trinajstić information content (AvgIpc) is 3.42. The van der Waals surface area contributed by atoms with E-state index in [1.807, 2.05) is 29.2 Å². The van der Waals surface area contributed by atoms with Crippen LogP contribution in [0.15, 0.2) is 54.2 Å². The number of nitrogens with zero attached hydrogens (tertiary/aromatic N) is 3. The summed E-state index contributed by atoms with van der Waals surface area (Å²) in [5, 5.41) is 0. The van der Waals surface area contributed by atoms with Gasteiger partial charge in [0.1, 0.15) is 11.5 Å². The van der Waals surface area contributed by atoms with Crippen molar-refractivity contribution < 1.29 is 18.7 Å². The summed E-state index contributed by atoms with van der Waals surface area (Å²) < 4.78 is 18.9. The molecule has 0 aliphatic carbocycles. The standard InChI is InChI=1S/C24H24FN3O3/c25-18-5-3-17(4-6-18)21-22(27-13-15-31-16-14-27)24(30)28(23(21)29)20-9-7-19(8-10-20)26-11-1-2-12-26/h3-10H,1-2,11-16H2. The number of rotatable bonds is 4. The zero-order chi connectivity index (χ0) is 21.4. The highest BCUT2D eigenvalue weighted by Gasteiger charge is 2.42. The van der Waals surface area contributed by atoms with E-state index >= 15 is 0 Å². The Morgan fingerprint density at radius 3 is 1.97 bits per heavy atom. The van der Waals surface area contributed by atoms with E-state index in [2.05, 4.69) is 4.90 Å². The largest absolute Gasteiger partial charge is 0.378 e. The summed E-state index contributed by atoms with van der Waals surface area (Å²) in [5.74, 6) is -1.12. The minimum absolute atomic E-state index is 0.315. The summed E-state index contributed by atoms with van der Waals surface area (Å²) in [6.07, 6.45) is 2.36. The normalized spacial score (nSPS) is 19.7. The number of hydrogen-bond acceptors (Lipinski definition) is 5. The fourth-order valence-corrected chi connectivity index (χ4v) is 4.50. The van der Waals surface area contributed by atoms with Crippen LogP contribution in [0.5, 0.6) is 0 Å². The summed E-state index contributed by atoms with van der Waals surface area (Å²) in [5.41, 5.74) is 2.86. The van der Waals surface area contributed by atoms with Crippen LogP contribution < -0.4 is 9.80 Å². The average molecular weight is 421 g/mol. The Labute approximate surface area is 180 Å². The highest BCUT2D eigenvalue weighted by atomic mass is 19.1. The summed E-state index contributed by atoms with van der Waals surface area (Å²) in [6, 6.07) is 13.3. The van der Waals surface area contributed by atoms with Gasteiger partial charge < -0.3 is 14.5 Å². The van der Waals surface area contributed by atoms with Crippen molar-refractivity contribution >= 4 is 28.8 Å². The number of ether oxygens (including phenoxy) is 1. The molecule has 2 aromatic carbocycles. The van der Waals surface area contributed by atoms with Crippen LogP contribution in [0.1, 0.15) is 18.4 Å². The van der Waals surface area contributed by atoms with Gasteiger partial charge in [-0.2, -0.15) is 0 Å². The van der Waals surface area contributed by atoms with Crippen LogP contribution in [0.2, 0.25) is 0 Å². The first kappa shape index (κ1) is 19.8. The Kier molecular flexibility index (Phi) is 5.19. The lowest BCUT2D eigenvalue weighted by Gasteiger charge is -2.29. The van der Waals surface area contributed by atoms with Crippen LogP contribution in [-0.4, -0.2) is 56.1 Å². The minimum Gasteiger partial charge on any atom is -0.378 e. The quantitative estimate of drug-likeness (QED) is 0.711. The lowest BCUT2D eigenvalue weighted by atomic mass is 10.0. The molecule has 31 heavy (non-hydrogen) atoms. The van der Waals surface area contributed by atoms with Crippen LogP contribution in [0.25, 0.3) is 5.57 Å². The molecule has 0 bridgehead atoms. The smallest absolute Gasteiger partial charge is 0.282 e. The highest BCUT2D eigenvalue weighted by molar-refractivity contribution is 6.45. The summed E-state index contributed by atoms with van der Waals surface area (Å²) in [4.78, 5) is 32.4. The molecule has 2 amide bonds. The molecule has 0 spiro atoms. The summed E-state index contributed by atoms with van der Waals surface area (Å²) in [6.45, 7) is 4.09. The number of amides is 2. The van der Waals surface area contributed by atoms with Gasteiger partial charge in [-0.1, -0.05) is 12.1 Å². The molecule has 0 saturated carbocycles. The van der Waals surface area contributed by atoms with Gasteiger partial charge in [-0.3, -0.25) is 9.59 Å². The van der Waals surface area contributed by atoms with Crippen LogP contribution in [0, 0.1) is 5.82 Å². The molecule has 5 rings (SSSR count). The first-order valence-corrected chi connectivity index (χ1v) is 10.7. The second-order valence-electron chi connectivity index (χ2n) is 7.99.